The smallest absolute Gasteiger partial charge is 0.324 e. The molecule has 3 heterocycles. The van der Waals surface area contributed by atoms with Crippen molar-refractivity contribution in [3.05, 3.63) is 17.2 Å². The van der Waals surface area contributed by atoms with Crippen molar-refractivity contribution in [2.45, 2.75) is 51.0 Å². The molecule has 0 spiro atoms. The second-order valence-corrected chi connectivity index (χ2v) is 7.38. The highest BCUT2D eigenvalue weighted by molar-refractivity contribution is 6.01. The van der Waals surface area contributed by atoms with Crippen LogP contribution >= 0.6 is 0 Å². The Kier molecular flexibility index (Phi) is 4.50. The van der Waals surface area contributed by atoms with Crippen LogP contribution < -0.4 is 5.32 Å². The summed E-state index contributed by atoms with van der Waals surface area (Å²) in [5, 5.41) is 2.58. The standard InChI is InChI=1S/C18H27N5O2/c1-21-14-7-3-2-6-13(14)20-17(21)15-8-4-9-22(15)10-5-11-23-16(24)12-19-18(23)25/h15H,2-12H2,1H3,(H,19,25)/t15-/m1/s1. The van der Waals surface area contributed by atoms with E-state index in [9.17, 15) is 9.59 Å². The average molecular weight is 345 g/mol. The summed E-state index contributed by atoms with van der Waals surface area (Å²) in [7, 11) is 2.16. The Labute approximate surface area is 148 Å². The van der Waals surface area contributed by atoms with Gasteiger partial charge in [0.1, 0.15) is 5.82 Å². The molecular formula is C18H27N5O2. The lowest BCUT2D eigenvalue weighted by Gasteiger charge is -2.25. The molecule has 2 fully saturated rings. The van der Waals surface area contributed by atoms with Crippen LogP contribution in [0.5, 0.6) is 0 Å². The maximum Gasteiger partial charge on any atom is 0.324 e. The molecule has 0 saturated carbocycles. The number of nitrogens with zero attached hydrogens (tertiary/aromatic N) is 4. The van der Waals surface area contributed by atoms with Crippen LogP contribution in [0.3, 0.4) is 0 Å². The molecule has 0 aromatic carbocycles. The van der Waals surface area contributed by atoms with E-state index in [-0.39, 0.29) is 18.5 Å². The average Bonchev–Trinajstić information content (AvgIpc) is 3.29. The summed E-state index contributed by atoms with van der Waals surface area (Å²) in [6.07, 6.45) is 7.94. The Hall–Kier alpha value is -1.89. The van der Waals surface area contributed by atoms with E-state index >= 15 is 0 Å². The number of fused-ring (bicyclic) bond motifs is 1. The Balaban J connectivity index is 1.40. The van der Waals surface area contributed by atoms with Crippen LogP contribution in [0.25, 0.3) is 0 Å². The molecule has 7 heteroatoms. The summed E-state index contributed by atoms with van der Waals surface area (Å²) in [6, 6.07) is 0.124. The third kappa shape index (κ3) is 3.05. The molecule has 2 aliphatic heterocycles. The maximum absolute atomic E-state index is 11.7. The third-order valence-corrected chi connectivity index (χ3v) is 5.83. The van der Waals surface area contributed by atoms with E-state index in [2.05, 4.69) is 21.8 Å². The number of imide groups is 1. The number of urea groups is 1. The number of nitrogens with one attached hydrogen (secondary N) is 1. The van der Waals surface area contributed by atoms with Crippen LogP contribution in [0.1, 0.15) is 55.4 Å². The summed E-state index contributed by atoms with van der Waals surface area (Å²) in [4.78, 5) is 32.1. The monoisotopic (exact) mass is 345 g/mol. The van der Waals surface area contributed by atoms with E-state index in [1.165, 1.54) is 41.4 Å². The second kappa shape index (κ2) is 6.78. The van der Waals surface area contributed by atoms with Crippen LogP contribution in [0.15, 0.2) is 0 Å². The molecule has 1 aromatic rings. The Morgan fingerprint density at radius 2 is 2.00 bits per heavy atom. The number of amides is 3. The molecule has 0 unspecified atom stereocenters. The van der Waals surface area contributed by atoms with Crippen molar-refractivity contribution in [1.82, 2.24) is 24.7 Å². The van der Waals surface area contributed by atoms with Gasteiger partial charge in [0.25, 0.3) is 0 Å². The number of carbonyl (C=O) groups excluding carboxylic acids is 2. The van der Waals surface area contributed by atoms with Crippen molar-refractivity contribution < 1.29 is 9.59 Å². The van der Waals surface area contributed by atoms with Crippen LogP contribution in [0.4, 0.5) is 4.79 Å². The van der Waals surface area contributed by atoms with Crippen molar-refractivity contribution in [2.75, 3.05) is 26.2 Å². The fourth-order valence-corrected chi connectivity index (χ4v) is 4.50. The number of carbonyl (C=O) groups is 2. The molecule has 4 rings (SSSR count). The molecule has 2 saturated heterocycles. The predicted octanol–water partition coefficient (Wildman–Crippen LogP) is 1.38. The van der Waals surface area contributed by atoms with Gasteiger partial charge in [0, 0.05) is 25.8 Å². The van der Waals surface area contributed by atoms with Gasteiger partial charge >= 0.3 is 6.03 Å². The van der Waals surface area contributed by atoms with Crippen molar-refractivity contribution in [3.63, 3.8) is 0 Å². The van der Waals surface area contributed by atoms with Crippen molar-refractivity contribution >= 4 is 11.9 Å². The van der Waals surface area contributed by atoms with Gasteiger partial charge in [-0.3, -0.25) is 14.6 Å². The van der Waals surface area contributed by atoms with E-state index in [0.717, 1.165) is 38.8 Å². The predicted molar refractivity (Wildman–Crippen MR) is 93.1 cm³/mol. The number of rotatable bonds is 5. The largest absolute Gasteiger partial charge is 0.334 e. The lowest BCUT2D eigenvalue weighted by Crippen LogP contribution is -2.34. The molecular weight excluding hydrogens is 318 g/mol. The summed E-state index contributed by atoms with van der Waals surface area (Å²) in [5.74, 6) is 1.10. The van der Waals surface area contributed by atoms with Crippen LogP contribution in [-0.2, 0) is 24.7 Å². The summed E-state index contributed by atoms with van der Waals surface area (Å²) >= 11 is 0. The highest BCUT2D eigenvalue weighted by Gasteiger charge is 2.32. The van der Waals surface area contributed by atoms with E-state index in [1.54, 1.807) is 0 Å². The summed E-state index contributed by atoms with van der Waals surface area (Å²) in [6.45, 7) is 2.62. The van der Waals surface area contributed by atoms with Gasteiger partial charge in [-0.25, -0.2) is 9.78 Å². The van der Waals surface area contributed by atoms with Crippen molar-refractivity contribution in [1.29, 1.82) is 0 Å². The summed E-state index contributed by atoms with van der Waals surface area (Å²) < 4.78 is 2.33. The van der Waals surface area contributed by atoms with Gasteiger partial charge in [-0.1, -0.05) is 0 Å². The van der Waals surface area contributed by atoms with E-state index in [0.29, 0.717) is 12.6 Å². The zero-order valence-electron chi connectivity index (χ0n) is 15.0. The molecule has 25 heavy (non-hydrogen) atoms. The third-order valence-electron chi connectivity index (χ3n) is 5.83. The number of hydrogen-bond donors (Lipinski definition) is 1. The highest BCUT2D eigenvalue weighted by atomic mass is 16.2. The Morgan fingerprint density at radius 3 is 2.76 bits per heavy atom. The van der Waals surface area contributed by atoms with Crippen LogP contribution in [-0.4, -0.2) is 57.5 Å². The van der Waals surface area contributed by atoms with Gasteiger partial charge in [0.15, 0.2) is 0 Å². The highest BCUT2D eigenvalue weighted by Crippen LogP contribution is 2.33. The van der Waals surface area contributed by atoms with Gasteiger partial charge in [0.2, 0.25) is 5.91 Å². The lowest BCUT2D eigenvalue weighted by molar-refractivity contribution is -0.125. The van der Waals surface area contributed by atoms with Crippen molar-refractivity contribution in [3.8, 4) is 0 Å². The second-order valence-electron chi connectivity index (χ2n) is 7.38. The van der Waals surface area contributed by atoms with Gasteiger partial charge in [-0.2, -0.15) is 0 Å². The van der Waals surface area contributed by atoms with E-state index in [1.807, 2.05) is 0 Å². The zero-order chi connectivity index (χ0) is 17.4. The van der Waals surface area contributed by atoms with Crippen molar-refractivity contribution in [2.24, 2.45) is 7.05 Å². The number of aryl methyl sites for hydroxylation is 1. The molecule has 0 bridgehead atoms. The van der Waals surface area contributed by atoms with Gasteiger partial charge in [-0.15, -0.1) is 0 Å². The molecule has 1 aromatic heterocycles. The fourth-order valence-electron chi connectivity index (χ4n) is 4.50. The number of imidazole rings is 1. The minimum Gasteiger partial charge on any atom is -0.334 e. The quantitative estimate of drug-likeness (QED) is 0.819. The summed E-state index contributed by atoms with van der Waals surface area (Å²) in [5.41, 5.74) is 2.72. The molecule has 3 amide bonds. The minimum absolute atomic E-state index is 0.111. The fraction of sp³-hybridized carbons (Fsp3) is 0.722. The molecule has 1 N–H and O–H groups in total. The Bertz CT molecular complexity index is 667. The first-order valence-corrected chi connectivity index (χ1v) is 9.52. The first-order chi connectivity index (χ1) is 12.1. The van der Waals surface area contributed by atoms with Gasteiger partial charge in [-0.05, 0) is 51.5 Å². The van der Waals surface area contributed by atoms with Gasteiger partial charge in [0.05, 0.1) is 18.3 Å². The molecule has 1 aliphatic carbocycles. The number of likely N-dealkylation sites (tertiary alicyclic amines) is 1. The van der Waals surface area contributed by atoms with Gasteiger partial charge < -0.3 is 9.88 Å². The van der Waals surface area contributed by atoms with Crippen LogP contribution in [0.2, 0.25) is 0 Å². The maximum atomic E-state index is 11.7. The number of aromatic nitrogens is 2. The van der Waals surface area contributed by atoms with E-state index in [4.69, 9.17) is 4.98 Å². The van der Waals surface area contributed by atoms with Crippen LogP contribution in [0, 0.1) is 0 Å². The number of hydrogen-bond acceptors (Lipinski definition) is 4. The molecule has 3 aliphatic rings. The SMILES string of the molecule is Cn1c([C@H]2CCCN2CCCN2C(=O)CNC2=O)nc2c1CCCC2. The first kappa shape index (κ1) is 16.6. The minimum atomic E-state index is -0.250. The normalized spacial score (nSPS) is 24.0. The lowest BCUT2D eigenvalue weighted by atomic mass is 10.0. The molecule has 136 valence electrons. The topological polar surface area (TPSA) is 70.5 Å². The molecule has 7 nitrogen and oxygen atoms in total. The molecule has 0 radical (unpaired) electrons. The molecule has 1 atom stereocenters. The zero-order valence-corrected chi connectivity index (χ0v) is 15.0. The van der Waals surface area contributed by atoms with E-state index < -0.39 is 0 Å². The Morgan fingerprint density at radius 1 is 1.16 bits per heavy atom. The first-order valence-electron chi connectivity index (χ1n) is 9.52.